The average Bonchev–Trinajstić information content (AvgIpc) is 2.24. The molecule has 0 fully saturated rings. The summed E-state index contributed by atoms with van der Waals surface area (Å²) < 4.78 is 40.5. The highest BCUT2D eigenvalue weighted by Crippen LogP contribution is 2.09. The van der Waals surface area contributed by atoms with Crippen LogP contribution in [-0.2, 0) is 19.6 Å². The number of hydrogen-bond donors (Lipinski definition) is 1. The fraction of sp³-hybridized carbons (Fsp3) is 0.333. The number of methoxy groups -OCH3 is 1. The molecular formula is C9H12FNO4S. The molecule has 1 rings (SSSR count). The van der Waals surface area contributed by atoms with Crippen molar-refractivity contribution in [3.8, 4) is 0 Å². The minimum Gasteiger partial charge on any atom is -0.382 e. The van der Waals surface area contributed by atoms with E-state index >= 15 is 0 Å². The molecule has 1 aromatic carbocycles. The van der Waals surface area contributed by atoms with Gasteiger partial charge in [-0.2, -0.15) is 0 Å². The van der Waals surface area contributed by atoms with Crippen molar-refractivity contribution in [2.75, 3.05) is 20.3 Å². The highest BCUT2D eigenvalue weighted by molar-refractivity contribution is 7.89. The predicted molar refractivity (Wildman–Crippen MR) is 54.5 cm³/mol. The summed E-state index contributed by atoms with van der Waals surface area (Å²) >= 11 is 0. The normalized spacial score (nSPS) is 11.6. The Morgan fingerprint density at radius 3 is 2.75 bits per heavy atom. The fourth-order valence-electron chi connectivity index (χ4n) is 0.927. The summed E-state index contributed by atoms with van der Waals surface area (Å²) in [4.78, 5) is 6.32. The third-order valence-electron chi connectivity index (χ3n) is 1.66. The smallest absolute Gasteiger partial charge is 0.262 e. The van der Waals surface area contributed by atoms with Gasteiger partial charge in [-0.1, -0.05) is 11.0 Å². The molecule has 5 nitrogen and oxygen atoms in total. The minimum absolute atomic E-state index is 0.0745. The molecular weight excluding hydrogens is 237 g/mol. The Balaban J connectivity index is 2.64. The fourth-order valence-corrected chi connectivity index (χ4v) is 1.79. The lowest BCUT2D eigenvalue weighted by Crippen LogP contribution is -2.25. The van der Waals surface area contributed by atoms with Crippen LogP contribution in [0.4, 0.5) is 4.39 Å². The lowest BCUT2D eigenvalue weighted by Gasteiger charge is -2.06. The van der Waals surface area contributed by atoms with Crippen LogP contribution >= 0.6 is 0 Å². The first kappa shape index (κ1) is 13.0. The maximum atomic E-state index is 12.8. The van der Waals surface area contributed by atoms with Gasteiger partial charge in [0.15, 0.2) is 0 Å². The van der Waals surface area contributed by atoms with Crippen LogP contribution in [0.15, 0.2) is 29.2 Å². The summed E-state index contributed by atoms with van der Waals surface area (Å²) in [5, 5.41) is 0. The molecule has 7 heteroatoms. The third kappa shape index (κ3) is 3.86. The first-order valence-electron chi connectivity index (χ1n) is 4.44. The van der Waals surface area contributed by atoms with Crippen LogP contribution < -0.4 is 4.89 Å². The van der Waals surface area contributed by atoms with Crippen molar-refractivity contribution < 1.29 is 22.4 Å². The molecule has 0 aliphatic rings. The van der Waals surface area contributed by atoms with Crippen LogP contribution in [-0.4, -0.2) is 28.7 Å². The lowest BCUT2D eigenvalue weighted by atomic mass is 10.4. The number of nitrogens with one attached hydrogen (secondary N) is 1. The summed E-state index contributed by atoms with van der Waals surface area (Å²) in [6.45, 7) is 0.330. The summed E-state index contributed by atoms with van der Waals surface area (Å²) in [6, 6.07) is 4.64. The predicted octanol–water partition coefficient (Wildman–Crippen LogP) is 0.682. The highest BCUT2D eigenvalue weighted by Gasteiger charge is 2.14. The van der Waals surface area contributed by atoms with Crippen LogP contribution in [0.5, 0.6) is 0 Å². The van der Waals surface area contributed by atoms with Crippen molar-refractivity contribution in [2.24, 2.45) is 0 Å². The van der Waals surface area contributed by atoms with Crippen LogP contribution in [0.2, 0.25) is 0 Å². The zero-order chi connectivity index (χ0) is 12.0. The van der Waals surface area contributed by atoms with Gasteiger partial charge in [-0.25, -0.2) is 12.8 Å². The molecule has 0 bridgehead atoms. The Bertz CT molecular complexity index is 435. The largest absolute Gasteiger partial charge is 0.382 e. The summed E-state index contributed by atoms with van der Waals surface area (Å²) in [5.41, 5.74) is 0. The monoisotopic (exact) mass is 249 g/mol. The molecule has 0 aromatic heterocycles. The van der Waals surface area contributed by atoms with Crippen LogP contribution in [0.3, 0.4) is 0 Å². The standard InChI is InChI=1S/C9H12FNO4S/c1-14-5-6-15-11-16(12,13)9-4-2-3-8(10)7-9/h2-4,7,11H,5-6H2,1H3. The van der Waals surface area contributed by atoms with E-state index in [4.69, 9.17) is 0 Å². The number of halogens is 1. The van der Waals surface area contributed by atoms with Crippen molar-refractivity contribution in [2.45, 2.75) is 4.90 Å². The van der Waals surface area contributed by atoms with Crippen molar-refractivity contribution in [3.05, 3.63) is 30.1 Å². The molecule has 90 valence electrons. The van der Waals surface area contributed by atoms with Gasteiger partial charge >= 0.3 is 0 Å². The SMILES string of the molecule is COCCONS(=O)(=O)c1cccc(F)c1. The first-order valence-corrected chi connectivity index (χ1v) is 5.92. The van der Waals surface area contributed by atoms with E-state index in [-0.39, 0.29) is 18.1 Å². The second-order valence-corrected chi connectivity index (χ2v) is 4.53. The maximum Gasteiger partial charge on any atom is 0.262 e. The number of benzene rings is 1. The van der Waals surface area contributed by atoms with E-state index in [0.717, 1.165) is 12.1 Å². The van der Waals surface area contributed by atoms with Crippen molar-refractivity contribution >= 4 is 10.0 Å². The van der Waals surface area contributed by atoms with E-state index in [0.29, 0.717) is 0 Å². The van der Waals surface area contributed by atoms with E-state index < -0.39 is 15.8 Å². The second-order valence-electron chi connectivity index (χ2n) is 2.89. The molecule has 16 heavy (non-hydrogen) atoms. The Morgan fingerprint density at radius 1 is 1.38 bits per heavy atom. The molecule has 0 saturated heterocycles. The average molecular weight is 249 g/mol. The Kier molecular flexibility index (Phi) is 4.81. The van der Waals surface area contributed by atoms with Gasteiger partial charge in [0.2, 0.25) is 0 Å². The molecule has 0 aliphatic heterocycles. The van der Waals surface area contributed by atoms with Gasteiger partial charge < -0.3 is 4.74 Å². The summed E-state index contributed by atoms with van der Waals surface area (Å²) in [7, 11) is -2.37. The minimum atomic E-state index is -3.83. The van der Waals surface area contributed by atoms with E-state index in [1.807, 2.05) is 4.89 Å². The first-order chi connectivity index (χ1) is 7.56. The number of ether oxygens (including phenoxy) is 1. The molecule has 0 spiro atoms. The molecule has 0 saturated carbocycles. The van der Waals surface area contributed by atoms with E-state index in [2.05, 4.69) is 9.57 Å². The van der Waals surface area contributed by atoms with Gasteiger partial charge in [0.25, 0.3) is 10.0 Å². The Morgan fingerprint density at radius 2 is 2.12 bits per heavy atom. The molecule has 0 heterocycles. The molecule has 0 radical (unpaired) electrons. The van der Waals surface area contributed by atoms with Crippen molar-refractivity contribution in [1.82, 2.24) is 4.89 Å². The number of rotatable bonds is 6. The van der Waals surface area contributed by atoms with E-state index in [9.17, 15) is 12.8 Å². The lowest BCUT2D eigenvalue weighted by molar-refractivity contribution is 0.0438. The van der Waals surface area contributed by atoms with E-state index in [1.165, 1.54) is 19.2 Å². The van der Waals surface area contributed by atoms with E-state index in [1.54, 1.807) is 0 Å². The maximum absolute atomic E-state index is 12.8. The molecule has 0 amide bonds. The Hall–Kier alpha value is -1.02. The topological polar surface area (TPSA) is 64.6 Å². The molecule has 1 N–H and O–H groups in total. The summed E-state index contributed by atoms with van der Waals surface area (Å²) in [5.74, 6) is -0.625. The second kappa shape index (κ2) is 5.90. The molecule has 1 aromatic rings. The van der Waals surface area contributed by atoms with Gasteiger partial charge in [0.05, 0.1) is 18.1 Å². The third-order valence-corrected chi connectivity index (χ3v) is 2.88. The molecule has 0 aliphatic carbocycles. The molecule has 0 unspecified atom stereocenters. The van der Waals surface area contributed by atoms with Crippen LogP contribution in [0.25, 0.3) is 0 Å². The van der Waals surface area contributed by atoms with Crippen LogP contribution in [0, 0.1) is 5.82 Å². The zero-order valence-electron chi connectivity index (χ0n) is 8.64. The zero-order valence-corrected chi connectivity index (χ0v) is 9.46. The van der Waals surface area contributed by atoms with Gasteiger partial charge in [-0.15, -0.1) is 0 Å². The summed E-state index contributed by atoms with van der Waals surface area (Å²) in [6.07, 6.45) is 0. The number of hydrogen-bond acceptors (Lipinski definition) is 4. The van der Waals surface area contributed by atoms with Crippen molar-refractivity contribution in [1.29, 1.82) is 0 Å². The van der Waals surface area contributed by atoms with Gasteiger partial charge in [-0.05, 0) is 18.2 Å². The Labute approximate surface area is 93.2 Å². The van der Waals surface area contributed by atoms with Gasteiger partial charge in [0, 0.05) is 7.11 Å². The highest BCUT2D eigenvalue weighted by atomic mass is 32.2. The van der Waals surface area contributed by atoms with Gasteiger partial charge in [-0.3, -0.25) is 4.84 Å². The number of sulfonamides is 1. The van der Waals surface area contributed by atoms with Crippen molar-refractivity contribution in [3.63, 3.8) is 0 Å². The quantitative estimate of drug-likeness (QED) is 0.595. The van der Waals surface area contributed by atoms with Gasteiger partial charge in [0.1, 0.15) is 5.82 Å². The van der Waals surface area contributed by atoms with Crippen LogP contribution in [0.1, 0.15) is 0 Å². The molecule has 0 atom stereocenters.